The summed E-state index contributed by atoms with van der Waals surface area (Å²) >= 11 is 8.94. The molecule has 2 rings (SSSR count). The second-order valence-electron chi connectivity index (χ2n) is 3.09. The summed E-state index contributed by atoms with van der Waals surface area (Å²) in [5, 5.41) is 20.0. The molecule has 0 amide bonds. The Bertz CT molecular complexity index is 600. The molecule has 0 saturated carbocycles. The Hall–Kier alpha value is -1.33. The highest BCUT2D eigenvalue weighted by Gasteiger charge is 2.17. The zero-order valence-electron chi connectivity index (χ0n) is 7.74. The van der Waals surface area contributed by atoms with Gasteiger partial charge in [0.25, 0.3) is 0 Å². The summed E-state index contributed by atoms with van der Waals surface area (Å²) < 4.78 is 0.334. The van der Waals surface area contributed by atoms with E-state index in [1.165, 1.54) is 0 Å². The summed E-state index contributed by atoms with van der Waals surface area (Å²) in [5.41, 5.74) is -0.387. The highest BCUT2D eigenvalue weighted by atomic mass is 79.9. The molecule has 0 aliphatic carbocycles. The Morgan fingerprint density at radius 2 is 2.06 bits per heavy atom. The van der Waals surface area contributed by atoms with E-state index >= 15 is 0 Å². The first kappa shape index (κ1) is 11.2. The van der Waals surface area contributed by atoms with Crippen LogP contribution in [0.15, 0.2) is 22.8 Å². The van der Waals surface area contributed by atoms with Crippen molar-refractivity contribution in [3.8, 4) is 5.75 Å². The van der Waals surface area contributed by atoms with Gasteiger partial charge >= 0.3 is 5.97 Å². The Balaban J connectivity index is 2.90. The van der Waals surface area contributed by atoms with E-state index in [2.05, 4.69) is 20.9 Å². The van der Waals surface area contributed by atoms with E-state index < -0.39 is 5.97 Å². The maximum atomic E-state index is 10.8. The SMILES string of the molecule is O=C(O)c1nc(Br)c2cc(Cl)ccc2c1O. The number of halogens is 2. The molecule has 0 unspecified atom stereocenters. The van der Waals surface area contributed by atoms with E-state index in [0.717, 1.165) is 0 Å². The van der Waals surface area contributed by atoms with Crippen molar-refractivity contribution >= 4 is 44.3 Å². The number of hydrogen-bond donors (Lipinski definition) is 2. The van der Waals surface area contributed by atoms with Crippen LogP contribution < -0.4 is 0 Å². The third kappa shape index (κ3) is 1.72. The lowest BCUT2D eigenvalue weighted by atomic mass is 10.1. The van der Waals surface area contributed by atoms with E-state index in [-0.39, 0.29) is 11.4 Å². The first-order chi connectivity index (χ1) is 7.50. The van der Waals surface area contributed by atoms with Crippen LogP contribution in [0.3, 0.4) is 0 Å². The van der Waals surface area contributed by atoms with Gasteiger partial charge in [0.2, 0.25) is 0 Å². The number of aromatic nitrogens is 1. The summed E-state index contributed by atoms with van der Waals surface area (Å²) in [4.78, 5) is 14.6. The largest absolute Gasteiger partial charge is 0.505 e. The summed E-state index contributed by atoms with van der Waals surface area (Å²) in [6, 6.07) is 4.72. The molecule has 0 bridgehead atoms. The quantitative estimate of drug-likeness (QED) is 0.794. The molecule has 1 aromatic heterocycles. The fourth-order valence-corrected chi connectivity index (χ4v) is 2.06. The van der Waals surface area contributed by atoms with Crippen molar-refractivity contribution in [1.29, 1.82) is 0 Å². The van der Waals surface area contributed by atoms with E-state index in [4.69, 9.17) is 16.7 Å². The Morgan fingerprint density at radius 3 is 2.69 bits per heavy atom. The van der Waals surface area contributed by atoms with Gasteiger partial charge in [0.15, 0.2) is 11.4 Å². The summed E-state index contributed by atoms with van der Waals surface area (Å²) in [5.74, 6) is -1.64. The average Bonchev–Trinajstić information content (AvgIpc) is 2.22. The molecule has 0 fully saturated rings. The van der Waals surface area contributed by atoms with Crippen LogP contribution in [-0.2, 0) is 0 Å². The number of aromatic hydroxyl groups is 1. The molecular weight excluding hydrogens is 297 g/mol. The Labute approximate surface area is 104 Å². The van der Waals surface area contributed by atoms with Gasteiger partial charge in [-0.15, -0.1) is 0 Å². The number of carboxylic acid groups (broad SMARTS) is 1. The third-order valence-corrected chi connectivity index (χ3v) is 2.94. The van der Waals surface area contributed by atoms with Crippen molar-refractivity contribution < 1.29 is 15.0 Å². The van der Waals surface area contributed by atoms with Crippen LogP contribution >= 0.6 is 27.5 Å². The van der Waals surface area contributed by atoms with Crippen LogP contribution in [0, 0.1) is 0 Å². The van der Waals surface area contributed by atoms with Gasteiger partial charge < -0.3 is 10.2 Å². The van der Waals surface area contributed by atoms with Crippen LogP contribution in [0.1, 0.15) is 10.5 Å². The van der Waals surface area contributed by atoms with E-state index in [1.807, 2.05) is 0 Å². The number of pyridine rings is 1. The molecule has 2 N–H and O–H groups in total. The number of nitrogens with zero attached hydrogens (tertiary/aromatic N) is 1. The zero-order valence-corrected chi connectivity index (χ0v) is 10.1. The smallest absolute Gasteiger partial charge is 0.358 e. The standard InChI is InChI=1S/C10H5BrClNO3/c11-9-6-3-4(12)1-2-5(6)8(14)7(13-9)10(15)16/h1-3,14H,(H,15,16). The van der Waals surface area contributed by atoms with E-state index in [0.29, 0.717) is 20.4 Å². The van der Waals surface area contributed by atoms with Crippen LogP contribution in [0.4, 0.5) is 0 Å². The predicted octanol–water partition coefficient (Wildman–Crippen LogP) is 3.05. The monoisotopic (exact) mass is 301 g/mol. The van der Waals surface area contributed by atoms with Crippen molar-refractivity contribution in [2.24, 2.45) is 0 Å². The topological polar surface area (TPSA) is 70.4 Å². The summed E-state index contributed by atoms with van der Waals surface area (Å²) in [6.07, 6.45) is 0. The molecule has 1 heterocycles. The van der Waals surface area contributed by atoms with Gasteiger partial charge in [-0.25, -0.2) is 9.78 Å². The number of aromatic carboxylic acids is 1. The van der Waals surface area contributed by atoms with Crippen molar-refractivity contribution in [3.63, 3.8) is 0 Å². The molecule has 82 valence electrons. The molecule has 0 radical (unpaired) electrons. The first-order valence-corrected chi connectivity index (χ1v) is 5.39. The van der Waals surface area contributed by atoms with Gasteiger partial charge in [-0.05, 0) is 34.1 Å². The molecule has 0 atom stereocenters. The van der Waals surface area contributed by atoms with Gasteiger partial charge in [0, 0.05) is 15.8 Å². The highest BCUT2D eigenvalue weighted by molar-refractivity contribution is 9.10. The fraction of sp³-hybridized carbons (Fsp3) is 0. The maximum absolute atomic E-state index is 10.8. The number of fused-ring (bicyclic) bond motifs is 1. The lowest BCUT2D eigenvalue weighted by molar-refractivity contribution is 0.0687. The first-order valence-electron chi connectivity index (χ1n) is 4.21. The van der Waals surface area contributed by atoms with E-state index in [1.54, 1.807) is 18.2 Å². The number of benzene rings is 1. The lowest BCUT2D eigenvalue weighted by Gasteiger charge is -2.06. The number of hydrogen-bond acceptors (Lipinski definition) is 3. The maximum Gasteiger partial charge on any atom is 0.358 e. The van der Waals surface area contributed by atoms with Gasteiger partial charge in [-0.1, -0.05) is 11.6 Å². The summed E-state index contributed by atoms with van der Waals surface area (Å²) in [6.45, 7) is 0. The van der Waals surface area contributed by atoms with Crippen molar-refractivity contribution in [3.05, 3.63) is 33.5 Å². The molecule has 6 heteroatoms. The van der Waals surface area contributed by atoms with Gasteiger partial charge in [-0.3, -0.25) is 0 Å². The van der Waals surface area contributed by atoms with Gasteiger partial charge in [-0.2, -0.15) is 0 Å². The lowest BCUT2D eigenvalue weighted by Crippen LogP contribution is -2.01. The molecule has 1 aromatic carbocycles. The predicted molar refractivity (Wildman–Crippen MR) is 63.1 cm³/mol. The van der Waals surface area contributed by atoms with Gasteiger partial charge in [0.05, 0.1) is 0 Å². The Morgan fingerprint density at radius 1 is 1.38 bits per heavy atom. The van der Waals surface area contributed by atoms with Crippen molar-refractivity contribution in [2.75, 3.05) is 0 Å². The van der Waals surface area contributed by atoms with Crippen LogP contribution in [0.5, 0.6) is 5.75 Å². The number of carboxylic acids is 1. The molecular formula is C10H5BrClNO3. The normalized spacial score (nSPS) is 10.6. The Kier molecular flexibility index (Phi) is 2.73. The number of carbonyl (C=O) groups is 1. The second kappa shape index (κ2) is 3.92. The minimum atomic E-state index is -1.28. The molecule has 4 nitrogen and oxygen atoms in total. The van der Waals surface area contributed by atoms with E-state index in [9.17, 15) is 9.90 Å². The van der Waals surface area contributed by atoms with Crippen molar-refractivity contribution in [2.45, 2.75) is 0 Å². The molecule has 0 aliphatic heterocycles. The fourth-order valence-electron chi connectivity index (χ4n) is 1.38. The molecule has 2 aromatic rings. The number of rotatable bonds is 1. The van der Waals surface area contributed by atoms with Crippen LogP contribution in [0.2, 0.25) is 5.02 Å². The molecule has 0 spiro atoms. The summed E-state index contributed by atoms with van der Waals surface area (Å²) in [7, 11) is 0. The molecule has 0 aliphatic rings. The minimum absolute atomic E-state index is 0.334. The minimum Gasteiger partial charge on any atom is -0.505 e. The van der Waals surface area contributed by atoms with Crippen LogP contribution in [-0.4, -0.2) is 21.2 Å². The second-order valence-corrected chi connectivity index (χ2v) is 4.28. The average molecular weight is 303 g/mol. The molecule has 16 heavy (non-hydrogen) atoms. The van der Waals surface area contributed by atoms with Crippen LogP contribution in [0.25, 0.3) is 10.8 Å². The van der Waals surface area contributed by atoms with Gasteiger partial charge in [0.1, 0.15) is 4.60 Å². The van der Waals surface area contributed by atoms with Crippen molar-refractivity contribution in [1.82, 2.24) is 4.98 Å². The zero-order chi connectivity index (χ0) is 11.9. The molecule has 0 saturated heterocycles. The highest BCUT2D eigenvalue weighted by Crippen LogP contribution is 2.33. The third-order valence-electron chi connectivity index (χ3n) is 2.10.